The van der Waals surface area contributed by atoms with Crippen molar-refractivity contribution in [2.75, 3.05) is 39.8 Å². The lowest BCUT2D eigenvalue weighted by atomic mass is 10.0. The number of aliphatic imine (C=N–C) groups is 1. The number of rotatable bonds is 3. The lowest BCUT2D eigenvalue weighted by Crippen LogP contribution is -2.48. The molecular formula is C12H25IN4. The van der Waals surface area contributed by atoms with Gasteiger partial charge in [0.1, 0.15) is 0 Å². The molecule has 1 unspecified atom stereocenters. The Morgan fingerprint density at radius 1 is 1.35 bits per heavy atom. The molecule has 1 fully saturated rings. The van der Waals surface area contributed by atoms with Crippen molar-refractivity contribution in [1.82, 2.24) is 15.1 Å². The van der Waals surface area contributed by atoms with Gasteiger partial charge in [-0.2, -0.15) is 0 Å². The lowest BCUT2D eigenvalue weighted by Gasteiger charge is -2.35. The van der Waals surface area contributed by atoms with Crippen molar-refractivity contribution in [3.05, 3.63) is 0 Å². The summed E-state index contributed by atoms with van der Waals surface area (Å²) in [4.78, 5) is 9.26. The topological polar surface area (TPSA) is 30.9 Å². The third-order valence-corrected chi connectivity index (χ3v) is 3.71. The van der Waals surface area contributed by atoms with Gasteiger partial charge in [0, 0.05) is 26.2 Å². The number of hydrogen-bond acceptors (Lipinski definition) is 4. The van der Waals surface area contributed by atoms with Gasteiger partial charge in [-0.3, -0.25) is 9.89 Å². The summed E-state index contributed by atoms with van der Waals surface area (Å²) in [5.74, 6) is 1.08. The second kappa shape index (κ2) is 7.41. The minimum atomic E-state index is 0. The van der Waals surface area contributed by atoms with Gasteiger partial charge in [-0.25, -0.2) is 0 Å². The largest absolute Gasteiger partial charge is 0.355 e. The SMILES string of the molecule is CCN1CCCCC1CNC1=NCCN1C.I. The van der Waals surface area contributed by atoms with Crippen LogP contribution in [0, 0.1) is 0 Å². The molecule has 17 heavy (non-hydrogen) atoms. The Balaban J connectivity index is 0.00000144. The summed E-state index contributed by atoms with van der Waals surface area (Å²) in [6.07, 6.45) is 4.08. The van der Waals surface area contributed by atoms with Crippen LogP contribution in [-0.4, -0.2) is 61.6 Å². The van der Waals surface area contributed by atoms with E-state index in [9.17, 15) is 0 Å². The first-order valence-electron chi connectivity index (χ1n) is 6.54. The van der Waals surface area contributed by atoms with Crippen LogP contribution in [0.15, 0.2) is 4.99 Å². The number of likely N-dealkylation sites (tertiary alicyclic amines) is 1. The molecule has 0 aromatic rings. The molecule has 2 rings (SSSR count). The average molecular weight is 352 g/mol. The number of guanidine groups is 1. The van der Waals surface area contributed by atoms with Crippen LogP contribution in [0.1, 0.15) is 26.2 Å². The lowest BCUT2D eigenvalue weighted by molar-refractivity contribution is 0.157. The van der Waals surface area contributed by atoms with Crippen LogP contribution in [0.2, 0.25) is 0 Å². The summed E-state index contributed by atoms with van der Waals surface area (Å²) in [6.45, 7) is 7.76. The summed E-state index contributed by atoms with van der Waals surface area (Å²) in [5, 5.41) is 3.50. The van der Waals surface area contributed by atoms with E-state index < -0.39 is 0 Å². The van der Waals surface area contributed by atoms with Gasteiger partial charge in [-0.1, -0.05) is 13.3 Å². The fourth-order valence-electron chi connectivity index (χ4n) is 2.64. The van der Waals surface area contributed by atoms with E-state index in [0.29, 0.717) is 6.04 Å². The van der Waals surface area contributed by atoms with Crippen LogP contribution < -0.4 is 5.32 Å². The molecule has 2 aliphatic rings. The molecule has 2 aliphatic heterocycles. The highest BCUT2D eigenvalue weighted by Gasteiger charge is 2.22. The predicted octanol–water partition coefficient (Wildman–Crippen LogP) is 1.37. The smallest absolute Gasteiger partial charge is 0.193 e. The molecule has 1 saturated heterocycles. The van der Waals surface area contributed by atoms with Gasteiger partial charge >= 0.3 is 0 Å². The maximum Gasteiger partial charge on any atom is 0.193 e. The van der Waals surface area contributed by atoms with E-state index in [2.05, 4.69) is 34.1 Å². The third-order valence-electron chi connectivity index (χ3n) is 3.71. The van der Waals surface area contributed by atoms with E-state index in [1.54, 1.807) is 0 Å². The zero-order chi connectivity index (χ0) is 11.4. The highest BCUT2D eigenvalue weighted by molar-refractivity contribution is 14.0. The molecule has 0 radical (unpaired) electrons. The summed E-state index contributed by atoms with van der Waals surface area (Å²) < 4.78 is 0. The van der Waals surface area contributed by atoms with Gasteiger partial charge in [0.15, 0.2) is 5.96 Å². The van der Waals surface area contributed by atoms with Crippen LogP contribution >= 0.6 is 24.0 Å². The van der Waals surface area contributed by atoms with E-state index in [0.717, 1.165) is 25.6 Å². The van der Waals surface area contributed by atoms with Gasteiger partial charge < -0.3 is 10.2 Å². The van der Waals surface area contributed by atoms with E-state index >= 15 is 0 Å². The standard InChI is InChI=1S/C12H24N4.HI/c1-3-16-8-5-4-6-11(16)10-14-12-13-7-9-15(12)2;/h11H,3-10H2,1-2H3,(H,13,14);1H. The van der Waals surface area contributed by atoms with Gasteiger partial charge in [0.05, 0.1) is 6.54 Å². The Bertz CT molecular complexity index is 257. The first-order valence-corrected chi connectivity index (χ1v) is 6.54. The molecule has 4 nitrogen and oxygen atoms in total. The number of likely N-dealkylation sites (N-methyl/N-ethyl adjacent to an activating group) is 2. The molecule has 0 saturated carbocycles. The van der Waals surface area contributed by atoms with Crippen LogP contribution in [0.25, 0.3) is 0 Å². The van der Waals surface area contributed by atoms with Crippen molar-refractivity contribution in [3.63, 3.8) is 0 Å². The summed E-state index contributed by atoms with van der Waals surface area (Å²) in [6, 6.07) is 0.704. The van der Waals surface area contributed by atoms with Crippen LogP contribution in [0.3, 0.4) is 0 Å². The molecule has 0 spiro atoms. The van der Waals surface area contributed by atoms with Crippen molar-refractivity contribution in [1.29, 1.82) is 0 Å². The molecule has 100 valence electrons. The second-order valence-electron chi connectivity index (χ2n) is 4.79. The minimum absolute atomic E-state index is 0. The average Bonchev–Trinajstić information content (AvgIpc) is 2.72. The Labute approximate surface area is 122 Å². The fraction of sp³-hybridized carbons (Fsp3) is 0.917. The number of nitrogens with one attached hydrogen (secondary N) is 1. The first kappa shape index (κ1) is 15.0. The first-order chi connectivity index (χ1) is 7.81. The monoisotopic (exact) mass is 352 g/mol. The molecule has 0 bridgehead atoms. The van der Waals surface area contributed by atoms with Crippen molar-refractivity contribution in [3.8, 4) is 0 Å². The van der Waals surface area contributed by atoms with Crippen molar-refractivity contribution >= 4 is 29.9 Å². The molecule has 1 N–H and O–H groups in total. The van der Waals surface area contributed by atoms with Crippen LogP contribution in [-0.2, 0) is 0 Å². The zero-order valence-corrected chi connectivity index (χ0v) is 13.3. The maximum atomic E-state index is 4.46. The molecule has 5 heteroatoms. The molecular weight excluding hydrogens is 327 g/mol. The fourth-order valence-corrected chi connectivity index (χ4v) is 2.64. The molecule has 0 amide bonds. The van der Waals surface area contributed by atoms with Crippen LogP contribution in [0.4, 0.5) is 0 Å². The van der Waals surface area contributed by atoms with E-state index in [4.69, 9.17) is 0 Å². The van der Waals surface area contributed by atoms with Crippen molar-refractivity contribution in [2.45, 2.75) is 32.2 Å². The number of piperidine rings is 1. The number of nitrogens with zero attached hydrogens (tertiary/aromatic N) is 3. The quantitative estimate of drug-likeness (QED) is 0.779. The molecule has 1 atom stereocenters. The molecule has 0 aromatic carbocycles. The van der Waals surface area contributed by atoms with E-state index in [1.165, 1.54) is 32.4 Å². The van der Waals surface area contributed by atoms with Gasteiger partial charge in [-0.15, -0.1) is 24.0 Å². The van der Waals surface area contributed by atoms with E-state index in [-0.39, 0.29) is 24.0 Å². The summed E-state index contributed by atoms with van der Waals surface area (Å²) in [7, 11) is 2.11. The Kier molecular flexibility index (Phi) is 6.54. The van der Waals surface area contributed by atoms with E-state index in [1.807, 2.05) is 0 Å². The number of hydrogen-bond donors (Lipinski definition) is 1. The Morgan fingerprint density at radius 3 is 2.82 bits per heavy atom. The highest BCUT2D eigenvalue weighted by Crippen LogP contribution is 2.15. The highest BCUT2D eigenvalue weighted by atomic mass is 127. The molecule has 2 heterocycles. The normalized spacial score (nSPS) is 25.4. The van der Waals surface area contributed by atoms with Gasteiger partial charge in [0.2, 0.25) is 0 Å². The van der Waals surface area contributed by atoms with Gasteiger partial charge in [-0.05, 0) is 25.9 Å². The number of halogens is 1. The van der Waals surface area contributed by atoms with Gasteiger partial charge in [0.25, 0.3) is 0 Å². The summed E-state index contributed by atoms with van der Waals surface area (Å²) >= 11 is 0. The Morgan fingerprint density at radius 2 is 2.18 bits per heavy atom. The molecule has 0 aliphatic carbocycles. The van der Waals surface area contributed by atoms with Crippen LogP contribution in [0.5, 0.6) is 0 Å². The van der Waals surface area contributed by atoms with Crippen molar-refractivity contribution < 1.29 is 0 Å². The predicted molar refractivity (Wildman–Crippen MR) is 83.2 cm³/mol. The second-order valence-corrected chi connectivity index (χ2v) is 4.79. The summed E-state index contributed by atoms with van der Waals surface area (Å²) in [5.41, 5.74) is 0. The Hall–Kier alpha value is -0.0400. The molecule has 0 aromatic heterocycles. The maximum absolute atomic E-state index is 4.46. The van der Waals surface area contributed by atoms with Crippen molar-refractivity contribution in [2.24, 2.45) is 4.99 Å². The third kappa shape index (κ3) is 3.98. The zero-order valence-electron chi connectivity index (χ0n) is 11.0. The minimum Gasteiger partial charge on any atom is -0.355 e.